The van der Waals surface area contributed by atoms with Gasteiger partial charge in [-0.2, -0.15) is 0 Å². The smallest absolute Gasteiger partial charge is 0.00699 e. The first-order chi connectivity index (χ1) is 8.25. The molecule has 1 nitrogen and oxygen atoms in total. The summed E-state index contributed by atoms with van der Waals surface area (Å²) in [5.41, 5.74) is 0. The van der Waals surface area contributed by atoms with Crippen molar-refractivity contribution in [3.63, 3.8) is 0 Å². The first-order valence-corrected chi connectivity index (χ1v) is 7.99. The largest absolute Gasteiger partial charge is 0.314 e. The average molecular weight is 237 g/mol. The van der Waals surface area contributed by atoms with Crippen LogP contribution in [0.5, 0.6) is 0 Å². The maximum Gasteiger partial charge on any atom is 0.00699 e. The van der Waals surface area contributed by atoms with Gasteiger partial charge in [0.2, 0.25) is 0 Å². The fraction of sp³-hybridized carbons (Fsp3) is 1.00. The van der Waals surface area contributed by atoms with Crippen LogP contribution in [0, 0.1) is 17.8 Å². The van der Waals surface area contributed by atoms with Crippen LogP contribution >= 0.6 is 0 Å². The molecule has 0 bridgehead atoms. The van der Waals surface area contributed by atoms with Gasteiger partial charge in [-0.3, -0.25) is 0 Å². The molecule has 17 heavy (non-hydrogen) atoms. The first kappa shape index (κ1) is 13.4. The molecular weight excluding hydrogens is 206 g/mol. The van der Waals surface area contributed by atoms with Gasteiger partial charge in [0.25, 0.3) is 0 Å². The summed E-state index contributed by atoms with van der Waals surface area (Å²) in [6.07, 6.45) is 13.2. The standard InChI is InChI=1S/C16H31N/c1-13(2)6-5-11-17-16-10-9-14-7-3-4-8-15(14)12-16/h13-17H,3-12H2,1-2H3. The fourth-order valence-electron chi connectivity index (χ4n) is 3.88. The quantitative estimate of drug-likeness (QED) is 0.700. The summed E-state index contributed by atoms with van der Waals surface area (Å²) in [6, 6.07) is 0.849. The summed E-state index contributed by atoms with van der Waals surface area (Å²) in [7, 11) is 0. The van der Waals surface area contributed by atoms with Crippen LogP contribution in [0.3, 0.4) is 0 Å². The van der Waals surface area contributed by atoms with Crippen LogP contribution in [0.2, 0.25) is 0 Å². The Bertz CT molecular complexity index is 212. The number of nitrogens with one attached hydrogen (secondary N) is 1. The Balaban J connectivity index is 1.62. The molecule has 3 atom stereocenters. The molecule has 2 saturated carbocycles. The lowest BCUT2D eigenvalue weighted by molar-refractivity contribution is 0.143. The van der Waals surface area contributed by atoms with Gasteiger partial charge in [0.1, 0.15) is 0 Å². The van der Waals surface area contributed by atoms with E-state index in [0.717, 1.165) is 23.8 Å². The highest BCUT2D eigenvalue weighted by atomic mass is 14.9. The van der Waals surface area contributed by atoms with E-state index in [4.69, 9.17) is 0 Å². The van der Waals surface area contributed by atoms with Gasteiger partial charge in [0.05, 0.1) is 0 Å². The summed E-state index contributed by atoms with van der Waals surface area (Å²) in [4.78, 5) is 0. The topological polar surface area (TPSA) is 12.0 Å². The molecule has 2 rings (SSSR count). The highest BCUT2D eigenvalue weighted by molar-refractivity contribution is 4.86. The zero-order valence-corrected chi connectivity index (χ0v) is 11.9. The highest BCUT2D eigenvalue weighted by Crippen LogP contribution is 2.40. The van der Waals surface area contributed by atoms with Crippen LogP contribution in [0.1, 0.15) is 71.6 Å². The van der Waals surface area contributed by atoms with Crippen molar-refractivity contribution in [3.05, 3.63) is 0 Å². The lowest BCUT2D eigenvalue weighted by Gasteiger charge is -2.39. The lowest BCUT2D eigenvalue weighted by atomic mass is 9.69. The van der Waals surface area contributed by atoms with Gasteiger partial charge in [0, 0.05) is 6.04 Å². The van der Waals surface area contributed by atoms with Gasteiger partial charge in [-0.05, 0) is 56.4 Å². The lowest BCUT2D eigenvalue weighted by Crippen LogP contribution is -2.39. The molecular formula is C16H31N. The predicted molar refractivity (Wildman–Crippen MR) is 75.2 cm³/mol. The van der Waals surface area contributed by atoms with Crippen LogP contribution in [-0.2, 0) is 0 Å². The summed E-state index contributed by atoms with van der Waals surface area (Å²) >= 11 is 0. The van der Waals surface area contributed by atoms with Crippen molar-refractivity contribution in [1.29, 1.82) is 0 Å². The second-order valence-electron chi connectivity index (χ2n) is 6.80. The molecule has 1 N–H and O–H groups in total. The second-order valence-corrected chi connectivity index (χ2v) is 6.80. The Labute approximate surface area is 108 Å². The van der Waals surface area contributed by atoms with E-state index in [2.05, 4.69) is 19.2 Å². The molecule has 2 aliphatic carbocycles. The minimum atomic E-state index is 0.849. The zero-order chi connectivity index (χ0) is 12.1. The third kappa shape index (κ3) is 4.28. The first-order valence-electron chi connectivity index (χ1n) is 7.99. The van der Waals surface area contributed by atoms with Crippen LogP contribution in [-0.4, -0.2) is 12.6 Å². The van der Waals surface area contributed by atoms with Gasteiger partial charge in [-0.25, -0.2) is 0 Å². The third-order valence-corrected chi connectivity index (χ3v) is 4.93. The molecule has 0 heterocycles. The van der Waals surface area contributed by atoms with Gasteiger partial charge in [-0.15, -0.1) is 0 Å². The SMILES string of the molecule is CC(C)CCCNC1CCC2CCCCC2C1. The van der Waals surface area contributed by atoms with E-state index in [1.165, 1.54) is 64.3 Å². The zero-order valence-electron chi connectivity index (χ0n) is 11.9. The van der Waals surface area contributed by atoms with E-state index in [1.807, 2.05) is 0 Å². The van der Waals surface area contributed by atoms with Gasteiger partial charge in [0.15, 0.2) is 0 Å². The van der Waals surface area contributed by atoms with Crippen molar-refractivity contribution in [2.75, 3.05) is 6.54 Å². The van der Waals surface area contributed by atoms with Crippen molar-refractivity contribution in [1.82, 2.24) is 5.32 Å². The van der Waals surface area contributed by atoms with Crippen molar-refractivity contribution in [2.45, 2.75) is 77.7 Å². The molecule has 3 unspecified atom stereocenters. The average Bonchev–Trinajstić information content (AvgIpc) is 2.34. The molecule has 0 radical (unpaired) electrons. The highest BCUT2D eigenvalue weighted by Gasteiger charge is 2.31. The Morgan fingerprint density at radius 2 is 1.76 bits per heavy atom. The van der Waals surface area contributed by atoms with Gasteiger partial charge < -0.3 is 5.32 Å². The molecule has 0 aromatic carbocycles. The third-order valence-electron chi connectivity index (χ3n) is 4.93. The van der Waals surface area contributed by atoms with E-state index >= 15 is 0 Å². The van der Waals surface area contributed by atoms with Gasteiger partial charge >= 0.3 is 0 Å². The van der Waals surface area contributed by atoms with E-state index in [0.29, 0.717) is 0 Å². The maximum absolute atomic E-state index is 3.81. The molecule has 2 fully saturated rings. The summed E-state index contributed by atoms with van der Waals surface area (Å²) in [6.45, 7) is 5.90. The van der Waals surface area contributed by atoms with Crippen LogP contribution in [0.25, 0.3) is 0 Å². The monoisotopic (exact) mass is 237 g/mol. The molecule has 0 aliphatic heterocycles. The Morgan fingerprint density at radius 1 is 1.00 bits per heavy atom. The molecule has 2 aliphatic rings. The minimum absolute atomic E-state index is 0.849. The summed E-state index contributed by atoms with van der Waals surface area (Å²) in [5.74, 6) is 3.03. The Morgan fingerprint density at radius 3 is 2.53 bits per heavy atom. The molecule has 0 saturated heterocycles. The van der Waals surface area contributed by atoms with Crippen molar-refractivity contribution < 1.29 is 0 Å². The molecule has 1 heteroatoms. The predicted octanol–water partition coefficient (Wildman–Crippen LogP) is 4.37. The number of fused-ring (bicyclic) bond motifs is 1. The van der Waals surface area contributed by atoms with Crippen LogP contribution < -0.4 is 5.32 Å². The summed E-state index contributed by atoms with van der Waals surface area (Å²) < 4.78 is 0. The minimum Gasteiger partial charge on any atom is -0.314 e. The summed E-state index contributed by atoms with van der Waals surface area (Å²) in [5, 5.41) is 3.81. The number of hydrogen-bond acceptors (Lipinski definition) is 1. The van der Waals surface area contributed by atoms with Gasteiger partial charge in [-0.1, -0.05) is 39.5 Å². The Kier molecular flexibility index (Phi) is 5.34. The van der Waals surface area contributed by atoms with E-state index < -0.39 is 0 Å². The maximum atomic E-state index is 3.81. The molecule has 100 valence electrons. The molecule has 0 aromatic rings. The van der Waals surface area contributed by atoms with E-state index in [1.54, 1.807) is 0 Å². The fourth-order valence-corrected chi connectivity index (χ4v) is 3.88. The molecule has 0 aromatic heterocycles. The van der Waals surface area contributed by atoms with Crippen LogP contribution in [0.15, 0.2) is 0 Å². The van der Waals surface area contributed by atoms with E-state index in [9.17, 15) is 0 Å². The second kappa shape index (κ2) is 6.78. The van der Waals surface area contributed by atoms with E-state index in [-0.39, 0.29) is 0 Å². The van der Waals surface area contributed by atoms with Crippen molar-refractivity contribution in [3.8, 4) is 0 Å². The van der Waals surface area contributed by atoms with Crippen LogP contribution in [0.4, 0.5) is 0 Å². The number of hydrogen-bond donors (Lipinski definition) is 1. The van der Waals surface area contributed by atoms with Crippen molar-refractivity contribution >= 4 is 0 Å². The molecule has 0 spiro atoms. The number of rotatable bonds is 5. The van der Waals surface area contributed by atoms with Crippen molar-refractivity contribution in [2.24, 2.45) is 17.8 Å². The Hall–Kier alpha value is -0.0400. The molecule has 0 amide bonds. The normalized spacial score (nSPS) is 33.7.